The first kappa shape index (κ1) is 14.3. The Balaban J connectivity index is 2.42. The number of carbonyl (C=O) groups is 1. The lowest BCUT2D eigenvalue weighted by molar-refractivity contribution is 0.0697. The van der Waals surface area contributed by atoms with Gasteiger partial charge in [0.1, 0.15) is 5.82 Å². The number of carboxylic acids is 1. The van der Waals surface area contributed by atoms with E-state index >= 15 is 0 Å². The van der Waals surface area contributed by atoms with E-state index in [2.05, 4.69) is 21.2 Å². The topological polar surface area (TPSA) is 75.3 Å². The molecule has 2 aromatic carbocycles. The van der Waals surface area contributed by atoms with Gasteiger partial charge in [0.05, 0.1) is 21.4 Å². The van der Waals surface area contributed by atoms with Gasteiger partial charge in [0.25, 0.3) is 0 Å². The molecule has 0 aliphatic rings. The minimum absolute atomic E-state index is 0.108. The van der Waals surface area contributed by atoms with Crippen LogP contribution in [0.5, 0.6) is 0 Å². The van der Waals surface area contributed by atoms with E-state index in [1.807, 2.05) is 6.92 Å². The summed E-state index contributed by atoms with van der Waals surface area (Å²) in [6, 6.07) is 7.28. The maximum atomic E-state index is 13.6. The summed E-state index contributed by atoms with van der Waals surface area (Å²) in [5.41, 5.74) is 8.05. The maximum Gasteiger partial charge on any atom is 0.335 e. The van der Waals surface area contributed by atoms with E-state index < -0.39 is 11.8 Å². The highest BCUT2D eigenvalue weighted by molar-refractivity contribution is 9.10. The molecule has 0 aliphatic carbocycles. The number of hydrogen-bond acceptors (Lipinski definition) is 3. The van der Waals surface area contributed by atoms with Crippen molar-refractivity contribution in [1.82, 2.24) is 0 Å². The molecule has 0 saturated heterocycles. The van der Waals surface area contributed by atoms with Crippen LogP contribution in [0.15, 0.2) is 34.8 Å². The number of nitrogens with one attached hydrogen (secondary N) is 1. The molecule has 2 rings (SSSR count). The molecule has 0 aliphatic heterocycles. The molecule has 0 aromatic heterocycles. The first-order valence-corrected chi connectivity index (χ1v) is 6.53. The lowest BCUT2D eigenvalue weighted by Gasteiger charge is -2.13. The van der Waals surface area contributed by atoms with Crippen molar-refractivity contribution in [3.8, 4) is 0 Å². The standard InChI is InChI=1S/C14H12BrFN2O2/c1-7-4-9(15)10(16)6-12(7)18-13-5-8(14(19)20)2-3-11(13)17/h2-6,18H,17H2,1H3,(H,19,20). The van der Waals surface area contributed by atoms with E-state index in [0.717, 1.165) is 5.56 Å². The van der Waals surface area contributed by atoms with Crippen molar-refractivity contribution in [2.45, 2.75) is 6.92 Å². The molecule has 0 saturated carbocycles. The van der Waals surface area contributed by atoms with Gasteiger partial charge in [-0.25, -0.2) is 9.18 Å². The summed E-state index contributed by atoms with van der Waals surface area (Å²) in [5, 5.41) is 11.9. The number of nitrogen functional groups attached to an aromatic ring is 1. The zero-order valence-electron chi connectivity index (χ0n) is 10.6. The summed E-state index contributed by atoms with van der Waals surface area (Å²) in [7, 11) is 0. The fourth-order valence-electron chi connectivity index (χ4n) is 1.72. The summed E-state index contributed by atoms with van der Waals surface area (Å²) in [5.74, 6) is -1.46. The average molecular weight is 339 g/mol. The number of aryl methyl sites for hydroxylation is 1. The van der Waals surface area contributed by atoms with Crippen LogP contribution in [0.25, 0.3) is 0 Å². The van der Waals surface area contributed by atoms with Crippen LogP contribution in [0.1, 0.15) is 15.9 Å². The van der Waals surface area contributed by atoms with Gasteiger partial charge in [-0.1, -0.05) is 0 Å². The van der Waals surface area contributed by atoms with Gasteiger partial charge in [0.2, 0.25) is 0 Å². The Morgan fingerprint density at radius 3 is 2.65 bits per heavy atom. The Bertz CT molecular complexity index is 689. The molecular weight excluding hydrogens is 327 g/mol. The fourth-order valence-corrected chi connectivity index (χ4v) is 2.18. The average Bonchev–Trinajstić information content (AvgIpc) is 2.38. The molecule has 104 valence electrons. The van der Waals surface area contributed by atoms with Crippen LogP contribution < -0.4 is 11.1 Å². The molecule has 0 radical (unpaired) electrons. The van der Waals surface area contributed by atoms with E-state index in [-0.39, 0.29) is 5.56 Å². The molecule has 4 N–H and O–H groups in total. The number of rotatable bonds is 3. The third-order valence-corrected chi connectivity index (χ3v) is 3.44. The Hall–Kier alpha value is -2.08. The van der Waals surface area contributed by atoms with Gasteiger partial charge in [-0.05, 0) is 58.7 Å². The zero-order valence-corrected chi connectivity index (χ0v) is 12.2. The van der Waals surface area contributed by atoms with Gasteiger partial charge in [-0.2, -0.15) is 0 Å². The van der Waals surface area contributed by atoms with Gasteiger partial charge >= 0.3 is 5.97 Å². The van der Waals surface area contributed by atoms with Crippen LogP contribution in [0.4, 0.5) is 21.5 Å². The second-order valence-electron chi connectivity index (χ2n) is 4.31. The zero-order chi connectivity index (χ0) is 14.9. The van der Waals surface area contributed by atoms with E-state index in [0.29, 0.717) is 21.5 Å². The van der Waals surface area contributed by atoms with E-state index in [1.54, 1.807) is 6.07 Å². The minimum Gasteiger partial charge on any atom is -0.478 e. The predicted molar refractivity (Wildman–Crippen MR) is 79.9 cm³/mol. The van der Waals surface area contributed by atoms with Crippen LogP contribution in [0.3, 0.4) is 0 Å². The highest BCUT2D eigenvalue weighted by Crippen LogP contribution is 2.29. The number of aromatic carboxylic acids is 1. The van der Waals surface area contributed by atoms with E-state index in [4.69, 9.17) is 10.8 Å². The van der Waals surface area contributed by atoms with Gasteiger partial charge in [0.15, 0.2) is 0 Å². The lowest BCUT2D eigenvalue weighted by Crippen LogP contribution is -2.02. The maximum absolute atomic E-state index is 13.6. The van der Waals surface area contributed by atoms with E-state index in [1.165, 1.54) is 24.3 Å². The summed E-state index contributed by atoms with van der Waals surface area (Å²) in [4.78, 5) is 10.9. The molecule has 0 spiro atoms. The Kier molecular flexibility index (Phi) is 3.94. The lowest BCUT2D eigenvalue weighted by atomic mass is 10.1. The first-order chi connectivity index (χ1) is 9.38. The van der Waals surface area contributed by atoms with Crippen LogP contribution in [-0.4, -0.2) is 11.1 Å². The van der Waals surface area contributed by atoms with Gasteiger partial charge in [0, 0.05) is 5.69 Å². The van der Waals surface area contributed by atoms with Gasteiger partial charge in [-0.15, -0.1) is 0 Å². The SMILES string of the molecule is Cc1cc(Br)c(F)cc1Nc1cc(C(=O)O)ccc1N. The van der Waals surface area contributed by atoms with Crippen molar-refractivity contribution < 1.29 is 14.3 Å². The van der Waals surface area contributed by atoms with Crippen molar-refractivity contribution in [3.63, 3.8) is 0 Å². The normalized spacial score (nSPS) is 10.3. The molecule has 0 fully saturated rings. The molecular formula is C14H12BrFN2O2. The summed E-state index contributed by atoms with van der Waals surface area (Å²) in [6.45, 7) is 1.81. The molecule has 6 heteroatoms. The molecule has 0 heterocycles. The van der Waals surface area contributed by atoms with Crippen LogP contribution in [0.2, 0.25) is 0 Å². The predicted octanol–water partition coefficient (Wildman–Crippen LogP) is 3.92. The van der Waals surface area contributed by atoms with Crippen molar-refractivity contribution in [2.24, 2.45) is 0 Å². The smallest absolute Gasteiger partial charge is 0.335 e. The second-order valence-corrected chi connectivity index (χ2v) is 5.17. The highest BCUT2D eigenvalue weighted by atomic mass is 79.9. The Morgan fingerprint density at radius 1 is 1.30 bits per heavy atom. The van der Waals surface area contributed by atoms with Crippen LogP contribution >= 0.6 is 15.9 Å². The van der Waals surface area contributed by atoms with E-state index in [9.17, 15) is 9.18 Å². The number of hydrogen-bond donors (Lipinski definition) is 3. The molecule has 2 aromatic rings. The third kappa shape index (κ3) is 2.91. The summed E-state index contributed by atoms with van der Waals surface area (Å²) in [6.07, 6.45) is 0. The number of nitrogens with two attached hydrogens (primary N) is 1. The molecule has 0 unspecified atom stereocenters. The van der Waals surface area contributed by atoms with Crippen molar-refractivity contribution >= 4 is 39.0 Å². The number of anilines is 3. The Morgan fingerprint density at radius 2 is 2.00 bits per heavy atom. The largest absolute Gasteiger partial charge is 0.478 e. The molecule has 4 nitrogen and oxygen atoms in total. The number of halogens is 2. The van der Waals surface area contributed by atoms with Crippen molar-refractivity contribution in [1.29, 1.82) is 0 Å². The van der Waals surface area contributed by atoms with Gasteiger partial charge < -0.3 is 16.2 Å². The monoisotopic (exact) mass is 338 g/mol. The third-order valence-electron chi connectivity index (χ3n) is 2.84. The molecule has 0 amide bonds. The second kappa shape index (κ2) is 5.50. The van der Waals surface area contributed by atoms with Crippen molar-refractivity contribution in [2.75, 3.05) is 11.1 Å². The number of benzene rings is 2. The van der Waals surface area contributed by atoms with Crippen molar-refractivity contribution in [3.05, 3.63) is 51.7 Å². The first-order valence-electron chi connectivity index (χ1n) is 5.74. The Labute approximate surface area is 123 Å². The minimum atomic E-state index is -1.05. The van der Waals surface area contributed by atoms with Gasteiger partial charge in [-0.3, -0.25) is 0 Å². The summed E-state index contributed by atoms with van der Waals surface area (Å²) >= 11 is 3.11. The molecule has 0 bridgehead atoms. The van der Waals surface area contributed by atoms with Crippen LogP contribution in [-0.2, 0) is 0 Å². The van der Waals surface area contributed by atoms with Crippen LogP contribution in [0, 0.1) is 12.7 Å². The highest BCUT2D eigenvalue weighted by Gasteiger charge is 2.10. The summed E-state index contributed by atoms with van der Waals surface area (Å²) < 4.78 is 13.9. The fraction of sp³-hybridized carbons (Fsp3) is 0.0714. The number of carboxylic acid groups (broad SMARTS) is 1. The molecule has 20 heavy (non-hydrogen) atoms. The quantitative estimate of drug-likeness (QED) is 0.741. The molecule has 0 atom stereocenters.